The number of hydrogen-bond acceptors (Lipinski definition) is 6. The summed E-state index contributed by atoms with van der Waals surface area (Å²) < 4.78 is 10.9. The highest BCUT2D eigenvalue weighted by Crippen LogP contribution is 2.38. The number of aromatic nitrogens is 1. The zero-order valence-corrected chi connectivity index (χ0v) is 14.4. The van der Waals surface area contributed by atoms with Crippen molar-refractivity contribution >= 4 is 46.9 Å². The minimum absolute atomic E-state index is 0. The van der Waals surface area contributed by atoms with Crippen molar-refractivity contribution in [2.24, 2.45) is 5.73 Å². The molecule has 0 spiro atoms. The monoisotopic (exact) mass is 375 g/mol. The summed E-state index contributed by atoms with van der Waals surface area (Å²) in [5.74, 6) is 0.819. The quantitative estimate of drug-likeness (QED) is 0.857. The molecule has 124 valence electrons. The van der Waals surface area contributed by atoms with Gasteiger partial charge in [0.15, 0.2) is 11.5 Å². The van der Waals surface area contributed by atoms with Gasteiger partial charge < -0.3 is 20.5 Å². The molecule has 0 saturated heterocycles. The fraction of sp³-hybridized carbons (Fsp3) is 0.286. The van der Waals surface area contributed by atoms with Crippen molar-refractivity contribution in [3.05, 3.63) is 33.2 Å². The predicted molar refractivity (Wildman–Crippen MR) is 92.5 cm³/mol. The van der Waals surface area contributed by atoms with Crippen LogP contribution >= 0.6 is 35.3 Å². The SMILES string of the molecule is Cl.NCCc1nc(C(=O)Nc2cc3c(cc2Cl)OCCO3)cs1. The molecule has 0 bridgehead atoms. The van der Waals surface area contributed by atoms with Crippen LogP contribution < -0.4 is 20.5 Å². The van der Waals surface area contributed by atoms with E-state index in [1.807, 2.05) is 0 Å². The van der Waals surface area contributed by atoms with Gasteiger partial charge in [0.2, 0.25) is 0 Å². The maximum atomic E-state index is 12.2. The first-order chi connectivity index (χ1) is 10.7. The van der Waals surface area contributed by atoms with Gasteiger partial charge in [-0.05, 0) is 6.54 Å². The number of nitrogens with one attached hydrogen (secondary N) is 1. The van der Waals surface area contributed by atoms with Gasteiger partial charge >= 0.3 is 0 Å². The summed E-state index contributed by atoms with van der Waals surface area (Å²) in [4.78, 5) is 16.5. The lowest BCUT2D eigenvalue weighted by Crippen LogP contribution is -2.17. The molecule has 0 fully saturated rings. The number of nitrogens with zero attached hydrogens (tertiary/aromatic N) is 1. The number of halogens is 2. The molecule has 1 aliphatic rings. The summed E-state index contributed by atoms with van der Waals surface area (Å²) in [6, 6.07) is 3.29. The molecule has 1 aliphatic heterocycles. The number of amides is 1. The van der Waals surface area contributed by atoms with E-state index < -0.39 is 0 Å². The molecular weight excluding hydrogens is 361 g/mol. The van der Waals surface area contributed by atoms with Crippen LogP contribution in [0.4, 0.5) is 5.69 Å². The summed E-state index contributed by atoms with van der Waals surface area (Å²) in [6.07, 6.45) is 0.655. The minimum Gasteiger partial charge on any atom is -0.486 e. The maximum Gasteiger partial charge on any atom is 0.275 e. The second-order valence-corrected chi connectivity index (χ2v) is 5.94. The summed E-state index contributed by atoms with van der Waals surface area (Å²) in [7, 11) is 0. The fourth-order valence-electron chi connectivity index (χ4n) is 2.00. The Morgan fingerprint density at radius 3 is 2.74 bits per heavy atom. The number of thiazole rings is 1. The van der Waals surface area contributed by atoms with Crippen LogP contribution in [-0.4, -0.2) is 30.6 Å². The smallest absolute Gasteiger partial charge is 0.275 e. The summed E-state index contributed by atoms with van der Waals surface area (Å²) in [6.45, 7) is 1.46. The molecule has 1 amide bonds. The Hall–Kier alpha value is -1.54. The Kier molecular flexibility index (Phi) is 6.06. The van der Waals surface area contributed by atoms with Crippen LogP contribution in [0.25, 0.3) is 0 Å². The van der Waals surface area contributed by atoms with Crippen LogP contribution in [-0.2, 0) is 6.42 Å². The molecular formula is C14H15Cl2N3O3S. The zero-order valence-electron chi connectivity index (χ0n) is 12.0. The van der Waals surface area contributed by atoms with Crippen molar-refractivity contribution in [1.82, 2.24) is 4.98 Å². The first-order valence-electron chi connectivity index (χ1n) is 6.72. The van der Waals surface area contributed by atoms with E-state index in [0.29, 0.717) is 54.1 Å². The molecule has 3 rings (SSSR count). The minimum atomic E-state index is -0.321. The zero-order chi connectivity index (χ0) is 15.5. The Balaban J connectivity index is 0.00000192. The fourth-order valence-corrected chi connectivity index (χ4v) is 2.99. The molecule has 6 nitrogen and oxygen atoms in total. The summed E-state index contributed by atoms with van der Waals surface area (Å²) in [5, 5.41) is 5.66. The Bertz CT molecular complexity index is 709. The first kappa shape index (κ1) is 17.8. The van der Waals surface area contributed by atoms with E-state index in [1.54, 1.807) is 17.5 Å². The topological polar surface area (TPSA) is 86.5 Å². The molecule has 2 aromatic rings. The molecule has 2 heterocycles. The third-order valence-corrected chi connectivity index (χ3v) is 4.24. The van der Waals surface area contributed by atoms with Gasteiger partial charge in [-0.3, -0.25) is 4.79 Å². The molecule has 1 aromatic heterocycles. The number of hydrogen-bond donors (Lipinski definition) is 2. The number of fused-ring (bicyclic) bond motifs is 1. The lowest BCUT2D eigenvalue weighted by molar-refractivity contribution is 0.102. The molecule has 1 aromatic carbocycles. The van der Waals surface area contributed by atoms with Gasteiger partial charge in [-0.1, -0.05) is 11.6 Å². The Morgan fingerprint density at radius 1 is 1.35 bits per heavy atom. The van der Waals surface area contributed by atoms with Crippen LogP contribution in [0.1, 0.15) is 15.5 Å². The average Bonchev–Trinajstić information content (AvgIpc) is 2.97. The van der Waals surface area contributed by atoms with E-state index in [9.17, 15) is 4.79 Å². The van der Waals surface area contributed by atoms with Crippen LogP contribution in [0.15, 0.2) is 17.5 Å². The van der Waals surface area contributed by atoms with E-state index >= 15 is 0 Å². The maximum absolute atomic E-state index is 12.2. The van der Waals surface area contributed by atoms with Crippen LogP contribution in [0, 0.1) is 0 Å². The molecule has 0 saturated carbocycles. The molecule has 0 aliphatic carbocycles. The number of nitrogens with two attached hydrogens (primary N) is 1. The number of anilines is 1. The third-order valence-electron chi connectivity index (χ3n) is 3.02. The van der Waals surface area contributed by atoms with Crippen molar-refractivity contribution in [1.29, 1.82) is 0 Å². The van der Waals surface area contributed by atoms with E-state index in [-0.39, 0.29) is 18.3 Å². The molecule has 9 heteroatoms. The lowest BCUT2D eigenvalue weighted by Gasteiger charge is -2.19. The van der Waals surface area contributed by atoms with E-state index in [1.165, 1.54) is 11.3 Å². The van der Waals surface area contributed by atoms with E-state index in [2.05, 4.69) is 10.3 Å². The van der Waals surface area contributed by atoms with Gasteiger partial charge in [0.25, 0.3) is 5.91 Å². The van der Waals surface area contributed by atoms with Gasteiger partial charge in [0, 0.05) is 23.9 Å². The van der Waals surface area contributed by atoms with Crippen molar-refractivity contribution in [2.45, 2.75) is 6.42 Å². The number of benzene rings is 1. The first-order valence-corrected chi connectivity index (χ1v) is 7.98. The molecule has 0 atom stereocenters. The Labute approximate surface area is 148 Å². The van der Waals surface area contributed by atoms with Gasteiger partial charge in [-0.2, -0.15) is 0 Å². The highest BCUT2D eigenvalue weighted by Gasteiger charge is 2.18. The van der Waals surface area contributed by atoms with Crippen LogP contribution in [0.5, 0.6) is 11.5 Å². The van der Waals surface area contributed by atoms with Gasteiger partial charge in [-0.25, -0.2) is 4.98 Å². The normalized spacial score (nSPS) is 12.4. The standard InChI is InChI=1S/C14H14ClN3O3S.ClH/c15-8-5-11-12(21-4-3-20-11)6-9(8)18-14(19)10-7-22-13(17-10)1-2-16;/h5-7H,1-4,16H2,(H,18,19);1H. The van der Waals surface area contributed by atoms with E-state index in [0.717, 1.165) is 5.01 Å². The van der Waals surface area contributed by atoms with Crippen molar-refractivity contribution < 1.29 is 14.3 Å². The average molecular weight is 376 g/mol. The second-order valence-electron chi connectivity index (χ2n) is 4.59. The number of carbonyl (C=O) groups is 1. The van der Waals surface area contributed by atoms with Gasteiger partial charge in [-0.15, -0.1) is 23.7 Å². The molecule has 0 unspecified atom stereocenters. The van der Waals surface area contributed by atoms with Gasteiger partial charge in [0.05, 0.1) is 15.7 Å². The molecule has 0 radical (unpaired) electrons. The second kappa shape index (κ2) is 7.83. The van der Waals surface area contributed by atoms with Crippen molar-refractivity contribution in [3.8, 4) is 11.5 Å². The molecule has 3 N–H and O–H groups in total. The largest absolute Gasteiger partial charge is 0.486 e. The number of ether oxygens (including phenoxy) is 2. The number of carbonyl (C=O) groups excluding carboxylic acids is 1. The summed E-state index contributed by atoms with van der Waals surface area (Å²) in [5.41, 5.74) is 6.29. The van der Waals surface area contributed by atoms with Crippen LogP contribution in [0.2, 0.25) is 5.02 Å². The van der Waals surface area contributed by atoms with Crippen LogP contribution in [0.3, 0.4) is 0 Å². The highest BCUT2D eigenvalue weighted by molar-refractivity contribution is 7.09. The van der Waals surface area contributed by atoms with Gasteiger partial charge in [0.1, 0.15) is 18.9 Å². The van der Waals surface area contributed by atoms with Crippen molar-refractivity contribution in [3.63, 3.8) is 0 Å². The molecule has 23 heavy (non-hydrogen) atoms. The third kappa shape index (κ3) is 4.06. The predicted octanol–water partition coefficient (Wildman–Crippen LogP) is 2.74. The van der Waals surface area contributed by atoms with E-state index in [4.69, 9.17) is 26.8 Å². The summed E-state index contributed by atoms with van der Waals surface area (Å²) >= 11 is 7.57. The van der Waals surface area contributed by atoms with Crippen molar-refractivity contribution in [2.75, 3.05) is 25.1 Å². The number of rotatable bonds is 4. The Morgan fingerprint density at radius 2 is 2.04 bits per heavy atom. The highest BCUT2D eigenvalue weighted by atomic mass is 35.5. The lowest BCUT2D eigenvalue weighted by atomic mass is 10.2.